The number of aromatic nitrogens is 2. The largest absolute Gasteiger partial charge is 0.490 e. The third-order valence-electron chi connectivity index (χ3n) is 2.58. The zero-order valence-electron chi connectivity index (χ0n) is 11.6. The number of rotatable bonds is 6. The molecule has 0 fully saturated rings. The molecule has 1 aromatic heterocycles. The second-order valence-electron chi connectivity index (χ2n) is 4.54. The second-order valence-corrected chi connectivity index (χ2v) is 4.95. The standard InChI is InChI=1S/C13H15N3O4S/c1-9(2)20-12-5-3-4-11(16(17)18)10(12)8-19-13-6-7-15(21)14-13/h3-7,9,21H,8H2,1-2H3. The zero-order valence-corrected chi connectivity index (χ0v) is 12.5. The summed E-state index contributed by atoms with van der Waals surface area (Å²) in [7, 11) is 0. The van der Waals surface area contributed by atoms with Crippen molar-refractivity contribution in [3.05, 3.63) is 46.1 Å². The lowest BCUT2D eigenvalue weighted by atomic mass is 10.1. The van der Waals surface area contributed by atoms with E-state index in [9.17, 15) is 10.1 Å². The van der Waals surface area contributed by atoms with Gasteiger partial charge in [0, 0.05) is 18.3 Å². The van der Waals surface area contributed by atoms with Crippen LogP contribution in [0.3, 0.4) is 0 Å². The molecule has 0 bridgehead atoms. The van der Waals surface area contributed by atoms with Gasteiger partial charge in [-0.05, 0) is 32.7 Å². The molecule has 0 amide bonds. The lowest BCUT2D eigenvalue weighted by Crippen LogP contribution is -2.10. The second kappa shape index (κ2) is 6.49. The van der Waals surface area contributed by atoms with Crippen molar-refractivity contribution in [1.82, 2.24) is 9.19 Å². The van der Waals surface area contributed by atoms with Gasteiger partial charge in [0.2, 0.25) is 5.88 Å². The summed E-state index contributed by atoms with van der Waals surface area (Å²) < 4.78 is 12.4. The van der Waals surface area contributed by atoms with E-state index in [1.807, 2.05) is 13.8 Å². The summed E-state index contributed by atoms with van der Waals surface area (Å²) >= 11 is 4.00. The van der Waals surface area contributed by atoms with Crippen molar-refractivity contribution in [3.8, 4) is 11.6 Å². The summed E-state index contributed by atoms with van der Waals surface area (Å²) in [5.41, 5.74) is 0.336. The molecule has 0 unspecified atom stereocenters. The van der Waals surface area contributed by atoms with E-state index >= 15 is 0 Å². The average Bonchev–Trinajstić information content (AvgIpc) is 2.82. The van der Waals surface area contributed by atoms with Gasteiger partial charge in [0.1, 0.15) is 17.9 Å². The minimum absolute atomic E-state index is 0.00992. The molecule has 0 N–H and O–H groups in total. The van der Waals surface area contributed by atoms with Crippen molar-refractivity contribution in [2.45, 2.75) is 26.6 Å². The molecule has 0 atom stereocenters. The van der Waals surface area contributed by atoms with Crippen LogP contribution in [0.2, 0.25) is 0 Å². The van der Waals surface area contributed by atoms with Gasteiger partial charge in [-0.3, -0.25) is 10.1 Å². The quantitative estimate of drug-likeness (QED) is 0.504. The van der Waals surface area contributed by atoms with Crippen LogP contribution in [-0.2, 0) is 6.61 Å². The molecular formula is C13H15N3O4S. The summed E-state index contributed by atoms with van der Waals surface area (Å²) in [5, 5.41) is 15.1. The Balaban J connectivity index is 2.27. The van der Waals surface area contributed by atoms with Crippen LogP contribution in [0.4, 0.5) is 5.69 Å². The third-order valence-corrected chi connectivity index (χ3v) is 2.81. The number of hydrogen-bond acceptors (Lipinski definition) is 6. The normalized spacial score (nSPS) is 10.7. The van der Waals surface area contributed by atoms with E-state index in [1.54, 1.807) is 24.4 Å². The topological polar surface area (TPSA) is 79.4 Å². The zero-order chi connectivity index (χ0) is 15.4. The molecule has 1 heterocycles. The highest BCUT2D eigenvalue weighted by atomic mass is 32.1. The molecule has 0 saturated heterocycles. The number of nitrogens with zero attached hydrogens (tertiary/aromatic N) is 3. The summed E-state index contributed by atoms with van der Waals surface area (Å²) in [6.45, 7) is 3.70. The highest BCUT2D eigenvalue weighted by Gasteiger charge is 2.20. The summed E-state index contributed by atoms with van der Waals surface area (Å²) in [4.78, 5) is 10.7. The van der Waals surface area contributed by atoms with Crippen molar-refractivity contribution in [2.75, 3.05) is 0 Å². The maximum atomic E-state index is 11.1. The first kappa shape index (κ1) is 15.2. The predicted octanol–water partition coefficient (Wildman–Crippen LogP) is 2.85. The van der Waals surface area contributed by atoms with E-state index < -0.39 is 4.92 Å². The van der Waals surface area contributed by atoms with Crippen LogP contribution in [0, 0.1) is 10.1 Å². The van der Waals surface area contributed by atoms with Gasteiger partial charge < -0.3 is 9.47 Å². The number of benzene rings is 1. The van der Waals surface area contributed by atoms with Crippen molar-refractivity contribution in [2.24, 2.45) is 0 Å². The monoisotopic (exact) mass is 309 g/mol. The Kier molecular flexibility index (Phi) is 4.69. The molecule has 112 valence electrons. The van der Waals surface area contributed by atoms with E-state index in [4.69, 9.17) is 9.47 Å². The average molecular weight is 309 g/mol. The van der Waals surface area contributed by atoms with Crippen LogP contribution >= 0.6 is 12.8 Å². The third kappa shape index (κ3) is 3.88. The number of hydrogen-bond donors (Lipinski definition) is 1. The maximum Gasteiger partial charge on any atom is 0.279 e. The molecule has 0 radical (unpaired) electrons. The SMILES string of the molecule is CC(C)Oc1cccc([N+](=O)[O-])c1COc1ccn(S)n1. The molecule has 21 heavy (non-hydrogen) atoms. The van der Waals surface area contributed by atoms with Gasteiger partial charge in [-0.1, -0.05) is 6.07 Å². The first-order valence-corrected chi connectivity index (χ1v) is 6.68. The van der Waals surface area contributed by atoms with Gasteiger partial charge in [0.25, 0.3) is 5.69 Å². The number of ether oxygens (including phenoxy) is 2. The van der Waals surface area contributed by atoms with E-state index in [2.05, 4.69) is 17.9 Å². The van der Waals surface area contributed by atoms with Gasteiger partial charge in [0.15, 0.2) is 0 Å². The van der Waals surface area contributed by atoms with Crippen molar-refractivity contribution in [3.63, 3.8) is 0 Å². The van der Waals surface area contributed by atoms with Crippen molar-refractivity contribution >= 4 is 18.5 Å². The molecule has 2 aromatic rings. The van der Waals surface area contributed by atoms with Crippen LogP contribution in [0.1, 0.15) is 19.4 Å². The van der Waals surface area contributed by atoms with Crippen LogP contribution < -0.4 is 9.47 Å². The highest BCUT2D eigenvalue weighted by Crippen LogP contribution is 2.30. The summed E-state index contributed by atoms with van der Waals surface area (Å²) in [6, 6.07) is 6.30. The van der Waals surface area contributed by atoms with Gasteiger partial charge in [0.05, 0.1) is 11.0 Å². The van der Waals surface area contributed by atoms with E-state index in [0.717, 1.165) is 0 Å². The highest BCUT2D eigenvalue weighted by molar-refractivity contribution is 7.78. The van der Waals surface area contributed by atoms with Gasteiger partial charge >= 0.3 is 0 Å². The Bertz CT molecular complexity index is 642. The molecule has 0 saturated carbocycles. The summed E-state index contributed by atoms with van der Waals surface area (Å²) in [5.74, 6) is 0.767. The lowest BCUT2D eigenvalue weighted by Gasteiger charge is -2.14. The fourth-order valence-electron chi connectivity index (χ4n) is 1.76. The maximum absolute atomic E-state index is 11.1. The molecule has 1 aromatic carbocycles. The van der Waals surface area contributed by atoms with E-state index in [1.165, 1.54) is 10.2 Å². The Morgan fingerprint density at radius 1 is 1.43 bits per heavy atom. The molecule has 2 rings (SSSR count). The number of nitro benzene ring substituents is 1. The van der Waals surface area contributed by atoms with Crippen LogP contribution in [0.15, 0.2) is 30.5 Å². The van der Waals surface area contributed by atoms with Crippen LogP contribution in [-0.4, -0.2) is 20.2 Å². The van der Waals surface area contributed by atoms with Gasteiger partial charge in [-0.15, -0.1) is 5.10 Å². The van der Waals surface area contributed by atoms with E-state index in [-0.39, 0.29) is 18.4 Å². The summed E-state index contributed by atoms with van der Waals surface area (Å²) in [6.07, 6.45) is 1.51. The minimum atomic E-state index is -0.455. The first-order chi connectivity index (χ1) is 9.97. The Hall–Kier alpha value is -2.22. The van der Waals surface area contributed by atoms with Crippen molar-refractivity contribution in [1.29, 1.82) is 0 Å². The van der Waals surface area contributed by atoms with Crippen molar-refractivity contribution < 1.29 is 14.4 Å². The Morgan fingerprint density at radius 2 is 2.19 bits per heavy atom. The molecule has 0 aliphatic rings. The minimum Gasteiger partial charge on any atom is -0.490 e. The number of thiol groups is 1. The fourth-order valence-corrected chi connectivity index (χ4v) is 1.91. The first-order valence-electron chi connectivity index (χ1n) is 6.28. The van der Waals surface area contributed by atoms with Gasteiger partial charge in [-0.25, -0.2) is 4.09 Å². The smallest absolute Gasteiger partial charge is 0.279 e. The molecule has 0 aliphatic carbocycles. The van der Waals surface area contributed by atoms with Gasteiger partial charge in [-0.2, -0.15) is 0 Å². The molecule has 7 nitrogen and oxygen atoms in total. The van der Waals surface area contributed by atoms with Crippen LogP contribution in [0.5, 0.6) is 11.6 Å². The fraction of sp³-hybridized carbons (Fsp3) is 0.308. The molecule has 0 aliphatic heterocycles. The Morgan fingerprint density at radius 3 is 2.76 bits per heavy atom. The Labute approximate surface area is 127 Å². The van der Waals surface area contributed by atoms with E-state index in [0.29, 0.717) is 17.2 Å². The lowest BCUT2D eigenvalue weighted by molar-refractivity contribution is -0.385. The molecule has 0 spiro atoms. The van der Waals surface area contributed by atoms with Crippen LogP contribution in [0.25, 0.3) is 0 Å². The predicted molar refractivity (Wildman–Crippen MR) is 79.8 cm³/mol. The molecule has 8 heteroatoms. The molecular weight excluding hydrogens is 294 g/mol. The number of nitro groups is 1.